The van der Waals surface area contributed by atoms with Gasteiger partial charge in [-0.3, -0.25) is 0 Å². The standard InChI is InChI=1S/C8H12FN3O2/c9-8-5(11)1-4(3-12-8)7(14)6(13)2-10/h1,3,6-7,13-14H,2,10-11H2. The maximum atomic E-state index is 12.6. The molecule has 0 aliphatic carbocycles. The van der Waals surface area contributed by atoms with Crippen molar-refractivity contribution < 1.29 is 14.6 Å². The average molecular weight is 201 g/mol. The zero-order valence-electron chi connectivity index (χ0n) is 7.39. The van der Waals surface area contributed by atoms with E-state index in [1.807, 2.05) is 0 Å². The third-order valence-corrected chi connectivity index (χ3v) is 1.83. The minimum Gasteiger partial charge on any atom is -0.395 e. The van der Waals surface area contributed by atoms with Crippen LogP contribution in [-0.4, -0.2) is 27.8 Å². The highest BCUT2D eigenvalue weighted by atomic mass is 19.1. The Bertz CT molecular complexity index is 321. The van der Waals surface area contributed by atoms with Gasteiger partial charge in [-0.2, -0.15) is 4.39 Å². The minimum absolute atomic E-state index is 0.0988. The number of anilines is 1. The number of hydrogen-bond acceptors (Lipinski definition) is 5. The third-order valence-electron chi connectivity index (χ3n) is 1.83. The maximum absolute atomic E-state index is 12.6. The van der Waals surface area contributed by atoms with Crippen LogP contribution in [0.1, 0.15) is 11.7 Å². The largest absolute Gasteiger partial charge is 0.395 e. The van der Waals surface area contributed by atoms with Crippen molar-refractivity contribution in [3.63, 3.8) is 0 Å². The highest BCUT2D eigenvalue weighted by Crippen LogP contribution is 2.18. The topological polar surface area (TPSA) is 105 Å². The van der Waals surface area contributed by atoms with Gasteiger partial charge in [0.1, 0.15) is 6.10 Å². The van der Waals surface area contributed by atoms with E-state index in [0.717, 1.165) is 6.20 Å². The lowest BCUT2D eigenvalue weighted by Gasteiger charge is -2.16. The van der Waals surface area contributed by atoms with E-state index >= 15 is 0 Å². The molecule has 1 aromatic heterocycles. The summed E-state index contributed by atoms with van der Waals surface area (Å²) in [5, 5.41) is 18.7. The van der Waals surface area contributed by atoms with E-state index in [1.165, 1.54) is 6.07 Å². The Balaban J connectivity index is 2.91. The predicted octanol–water partition coefficient (Wildman–Crippen LogP) is -0.844. The molecular weight excluding hydrogens is 189 g/mol. The number of nitrogens with two attached hydrogens (primary N) is 2. The zero-order valence-corrected chi connectivity index (χ0v) is 7.39. The number of hydrogen-bond donors (Lipinski definition) is 4. The zero-order chi connectivity index (χ0) is 10.7. The van der Waals surface area contributed by atoms with Gasteiger partial charge < -0.3 is 21.7 Å². The van der Waals surface area contributed by atoms with Gasteiger partial charge in [-0.1, -0.05) is 0 Å². The number of nitrogen functional groups attached to an aromatic ring is 1. The number of halogens is 1. The van der Waals surface area contributed by atoms with E-state index in [4.69, 9.17) is 11.5 Å². The fourth-order valence-electron chi connectivity index (χ4n) is 0.995. The first-order valence-electron chi connectivity index (χ1n) is 4.03. The molecule has 2 unspecified atom stereocenters. The van der Waals surface area contributed by atoms with Crippen molar-refractivity contribution in [1.82, 2.24) is 4.98 Å². The fraction of sp³-hybridized carbons (Fsp3) is 0.375. The Morgan fingerprint density at radius 3 is 2.64 bits per heavy atom. The van der Waals surface area contributed by atoms with E-state index in [1.54, 1.807) is 0 Å². The Morgan fingerprint density at radius 2 is 2.14 bits per heavy atom. The van der Waals surface area contributed by atoms with E-state index < -0.39 is 18.2 Å². The Hall–Kier alpha value is -1.24. The molecule has 1 rings (SSSR count). The molecule has 0 bridgehead atoms. The Morgan fingerprint density at radius 1 is 1.50 bits per heavy atom. The molecule has 0 aliphatic rings. The number of nitrogens with zero attached hydrogens (tertiary/aromatic N) is 1. The molecule has 0 radical (unpaired) electrons. The summed E-state index contributed by atoms with van der Waals surface area (Å²) >= 11 is 0. The Kier molecular flexibility index (Phi) is 3.34. The summed E-state index contributed by atoms with van der Waals surface area (Å²) in [5.41, 5.74) is 10.4. The first-order chi connectivity index (χ1) is 6.56. The molecule has 14 heavy (non-hydrogen) atoms. The van der Waals surface area contributed by atoms with Crippen molar-refractivity contribution in [2.24, 2.45) is 5.73 Å². The number of rotatable bonds is 3. The second kappa shape index (κ2) is 4.32. The summed E-state index contributed by atoms with van der Waals surface area (Å²) in [6.07, 6.45) is -1.20. The van der Waals surface area contributed by atoms with Crippen molar-refractivity contribution >= 4 is 5.69 Å². The number of aliphatic hydroxyl groups is 2. The van der Waals surface area contributed by atoms with Crippen LogP contribution in [0.3, 0.4) is 0 Å². The maximum Gasteiger partial charge on any atom is 0.236 e. The van der Waals surface area contributed by atoms with E-state index in [9.17, 15) is 14.6 Å². The van der Waals surface area contributed by atoms with Gasteiger partial charge >= 0.3 is 0 Å². The summed E-state index contributed by atoms with van der Waals surface area (Å²) in [6.45, 7) is -0.0988. The smallest absolute Gasteiger partial charge is 0.236 e. The monoisotopic (exact) mass is 201 g/mol. The number of aromatic nitrogens is 1. The van der Waals surface area contributed by atoms with Crippen molar-refractivity contribution in [3.8, 4) is 0 Å². The normalized spacial score (nSPS) is 15.1. The van der Waals surface area contributed by atoms with Crippen LogP contribution < -0.4 is 11.5 Å². The lowest BCUT2D eigenvalue weighted by Crippen LogP contribution is -2.27. The van der Waals surface area contributed by atoms with Gasteiger partial charge in [0.15, 0.2) is 0 Å². The molecule has 0 aliphatic heterocycles. The van der Waals surface area contributed by atoms with Crippen LogP contribution in [-0.2, 0) is 0 Å². The summed E-state index contributed by atoms with van der Waals surface area (Å²) in [5.74, 6) is -0.803. The highest BCUT2D eigenvalue weighted by molar-refractivity contribution is 5.39. The first-order valence-corrected chi connectivity index (χ1v) is 4.03. The molecule has 6 N–H and O–H groups in total. The van der Waals surface area contributed by atoms with Crippen LogP contribution in [0.2, 0.25) is 0 Å². The summed E-state index contributed by atoms with van der Waals surface area (Å²) in [6, 6.07) is 1.21. The van der Waals surface area contributed by atoms with Crippen molar-refractivity contribution in [1.29, 1.82) is 0 Å². The molecule has 0 saturated carbocycles. The van der Waals surface area contributed by atoms with Crippen molar-refractivity contribution in [2.75, 3.05) is 12.3 Å². The molecule has 0 fully saturated rings. The minimum atomic E-state index is -1.20. The Labute approximate surface area is 80.2 Å². The first kappa shape index (κ1) is 10.8. The van der Waals surface area contributed by atoms with Gasteiger partial charge in [0.05, 0.1) is 11.8 Å². The second-order valence-corrected chi connectivity index (χ2v) is 2.90. The van der Waals surface area contributed by atoms with Crippen LogP contribution in [0, 0.1) is 5.95 Å². The van der Waals surface area contributed by atoms with Crippen molar-refractivity contribution in [2.45, 2.75) is 12.2 Å². The second-order valence-electron chi connectivity index (χ2n) is 2.90. The molecule has 1 heterocycles. The predicted molar refractivity (Wildman–Crippen MR) is 48.6 cm³/mol. The molecule has 78 valence electrons. The molecule has 6 heteroatoms. The van der Waals surface area contributed by atoms with Crippen LogP contribution in [0.25, 0.3) is 0 Å². The van der Waals surface area contributed by atoms with Crippen LogP contribution >= 0.6 is 0 Å². The van der Waals surface area contributed by atoms with Gasteiger partial charge in [-0.15, -0.1) is 0 Å². The SMILES string of the molecule is NCC(O)C(O)c1cnc(F)c(N)c1. The molecule has 5 nitrogen and oxygen atoms in total. The average Bonchev–Trinajstić information content (AvgIpc) is 2.20. The van der Waals surface area contributed by atoms with Gasteiger partial charge in [0.2, 0.25) is 5.95 Å². The number of aliphatic hydroxyl groups excluding tert-OH is 2. The number of pyridine rings is 1. The van der Waals surface area contributed by atoms with Gasteiger partial charge in [-0.25, -0.2) is 4.98 Å². The molecule has 1 aromatic rings. The van der Waals surface area contributed by atoms with Crippen LogP contribution in [0.15, 0.2) is 12.3 Å². The van der Waals surface area contributed by atoms with Gasteiger partial charge in [0.25, 0.3) is 0 Å². The molecule has 0 aromatic carbocycles. The highest BCUT2D eigenvalue weighted by Gasteiger charge is 2.18. The van der Waals surface area contributed by atoms with E-state index in [0.29, 0.717) is 0 Å². The van der Waals surface area contributed by atoms with Gasteiger partial charge in [-0.05, 0) is 6.07 Å². The fourth-order valence-corrected chi connectivity index (χ4v) is 0.995. The quantitative estimate of drug-likeness (QED) is 0.477. The summed E-state index contributed by atoms with van der Waals surface area (Å²) in [4.78, 5) is 3.31. The van der Waals surface area contributed by atoms with Crippen LogP contribution in [0.4, 0.5) is 10.1 Å². The molecule has 0 amide bonds. The molecular formula is C8H12FN3O2. The summed E-state index contributed by atoms with van der Waals surface area (Å²) < 4.78 is 12.6. The third kappa shape index (κ3) is 2.16. The lowest BCUT2D eigenvalue weighted by molar-refractivity contribution is 0.0241. The van der Waals surface area contributed by atoms with Crippen LogP contribution in [0.5, 0.6) is 0 Å². The molecule has 2 atom stereocenters. The van der Waals surface area contributed by atoms with E-state index in [-0.39, 0.29) is 17.8 Å². The van der Waals surface area contributed by atoms with Gasteiger partial charge in [0, 0.05) is 18.3 Å². The van der Waals surface area contributed by atoms with E-state index in [2.05, 4.69) is 4.98 Å². The summed E-state index contributed by atoms with van der Waals surface area (Å²) in [7, 11) is 0. The molecule has 0 saturated heterocycles. The van der Waals surface area contributed by atoms with Crippen molar-refractivity contribution in [3.05, 3.63) is 23.8 Å². The lowest BCUT2D eigenvalue weighted by atomic mass is 10.1. The molecule has 0 spiro atoms.